The van der Waals surface area contributed by atoms with Gasteiger partial charge in [-0.15, -0.1) is 0 Å². The van der Waals surface area contributed by atoms with Crippen molar-refractivity contribution in [1.82, 2.24) is 10.6 Å². The van der Waals surface area contributed by atoms with Gasteiger partial charge in [0.05, 0.1) is 18.7 Å². The van der Waals surface area contributed by atoms with E-state index < -0.39 is 35.4 Å². The van der Waals surface area contributed by atoms with Crippen molar-refractivity contribution in [2.45, 2.75) is 43.9 Å². The molecule has 2 aromatic carbocycles. The average Bonchev–Trinajstić information content (AvgIpc) is 2.81. The molecule has 1 aliphatic rings. The molecule has 1 saturated carbocycles. The third-order valence-corrected chi connectivity index (χ3v) is 5.38. The highest BCUT2D eigenvalue weighted by Crippen LogP contribution is 2.30. The van der Waals surface area contributed by atoms with Crippen molar-refractivity contribution in [1.29, 1.82) is 0 Å². The average molecular weight is 498 g/mol. The van der Waals surface area contributed by atoms with Crippen LogP contribution in [0.15, 0.2) is 47.5 Å². The van der Waals surface area contributed by atoms with Gasteiger partial charge in [-0.1, -0.05) is 6.07 Å². The molecule has 0 saturated heterocycles. The molecule has 0 heterocycles. The van der Waals surface area contributed by atoms with E-state index in [-0.39, 0.29) is 29.3 Å². The zero-order valence-corrected chi connectivity index (χ0v) is 18.6. The van der Waals surface area contributed by atoms with Gasteiger partial charge in [0.2, 0.25) is 5.96 Å². The number of carbonyl (C=O) groups is 2. The molecule has 1 aliphatic carbocycles. The topological polar surface area (TPSA) is 91.8 Å². The lowest BCUT2D eigenvalue weighted by molar-refractivity contribution is -0.137. The fraction of sp³-hybridized carbons (Fsp3) is 0.348. The van der Waals surface area contributed by atoms with Gasteiger partial charge in [0, 0.05) is 17.3 Å². The molecule has 0 aliphatic heterocycles. The van der Waals surface area contributed by atoms with Crippen LogP contribution in [-0.2, 0) is 10.9 Å². The monoisotopic (exact) mass is 498 g/mol. The van der Waals surface area contributed by atoms with E-state index in [2.05, 4.69) is 25.7 Å². The minimum absolute atomic E-state index is 0.0187. The summed E-state index contributed by atoms with van der Waals surface area (Å²) in [4.78, 5) is 28.5. The van der Waals surface area contributed by atoms with Crippen LogP contribution in [0, 0.1) is 11.6 Å². The zero-order valence-electron chi connectivity index (χ0n) is 18.6. The van der Waals surface area contributed by atoms with Crippen LogP contribution in [0.2, 0.25) is 0 Å². The van der Waals surface area contributed by atoms with Crippen LogP contribution >= 0.6 is 0 Å². The molecule has 35 heavy (non-hydrogen) atoms. The van der Waals surface area contributed by atoms with Gasteiger partial charge in [0.1, 0.15) is 0 Å². The molecule has 0 spiro atoms. The molecule has 2 amide bonds. The number of carbonyl (C=O) groups excluding carboxylic acids is 2. The number of anilines is 1. The number of nitrogens with zero attached hydrogens (tertiary/aromatic N) is 1. The van der Waals surface area contributed by atoms with Crippen molar-refractivity contribution in [3.05, 3.63) is 65.2 Å². The van der Waals surface area contributed by atoms with E-state index in [4.69, 9.17) is 0 Å². The number of benzene rings is 2. The van der Waals surface area contributed by atoms with E-state index in [1.54, 1.807) is 0 Å². The van der Waals surface area contributed by atoms with Crippen LogP contribution in [0.25, 0.3) is 0 Å². The fourth-order valence-corrected chi connectivity index (χ4v) is 3.58. The Morgan fingerprint density at radius 1 is 1.00 bits per heavy atom. The van der Waals surface area contributed by atoms with Crippen LogP contribution in [-0.4, -0.2) is 37.2 Å². The maximum Gasteiger partial charge on any atom is 0.416 e. The first-order valence-electron chi connectivity index (χ1n) is 10.7. The van der Waals surface area contributed by atoms with E-state index in [0.29, 0.717) is 31.7 Å². The van der Waals surface area contributed by atoms with Crippen LogP contribution in [0.3, 0.4) is 0 Å². The molecule has 0 unspecified atom stereocenters. The Labute approximate surface area is 197 Å². The molecule has 7 nitrogen and oxygen atoms in total. The van der Waals surface area contributed by atoms with Crippen molar-refractivity contribution in [2.24, 2.45) is 4.99 Å². The first kappa shape index (κ1) is 25.9. The lowest BCUT2D eigenvalue weighted by Gasteiger charge is -2.27. The van der Waals surface area contributed by atoms with Gasteiger partial charge >= 0.3 is 12.3 Å². The van der Waals surface area contributed by atoms with Gasteiger partial charge < -0.3 is 15.4 Å². The Morgan fingerprint density at radius 3 is 2.34 bits per heavy atom. The number of nitrogens with one attached hydrogen (secondary N) is 3. The van der Waals surface area contributed by atoms with Gasteiger partial charge in [-0.2, -0.15) is 13.2 Å². The number of amides is 2. The first-order chi connectivity index (χ1) is 16.5. The second-order valence-electron chi connectivity index (χ2n) is 7.91. The van der Waals surface area contributed by atoms with Crippen LogP contribution < -0.4 is 16.0 Å². The number of rotatable bonds is 4. The summed E-state index contributed by atoms with van der Waals surface area (Å²) >= 11 is 0. The lowest BCUT2D eigenvalue weighted by atomic mass is 9.92. The SMILES string of the molecule is COC(=O)NC1CCC(N=C(NC(=O)c2ccc(F)c(F)c2)Nc2cccc(C(F)(F)F)c2)CC1. The van der Waals surface area contributed by atoms with Crippen molar-refractivity contribution < 1.29 is 36.3 Å². The highest BCUT2D eigenvalue weighted by atomic mass is 19.4. The quantitative estimate of drug-likeness (QED) is 0.319. The van der Waals surface area contributed by atoms with Gasteiger partial charge in [-0.25, -0.2) is 18.6 Å². The minimum atomic E-state index is -4.57. The van der Waals surface area contributed by atoms with Gasteiger partial charge in [0.15, 0.2) is 11.6 Å². The van der Waals surface area contributed by atoms with E-state index in [1.165, 1.54) is 19.2 Å². The Bertz CT molecular complexity index is 1100. The van der Waals surface area contributed by atoms with Crippen LogP contribution in [0.4, 0.5) is 32.4 Å². The number of alkyl halides is 3. The van der Waals surface area contributed by atoms with E-state index in [0.717, 1.165) is 24.3 Å². The lowest BCUT2D eigenvalue weighted by Crippen LogP contribution is -2.40. The Morgan fingerprint density at radius 2 is 1.71 bits per heavy atom. The van der Waals surface area contributed by atoms with Crippen LogP contribution in [0.1, 0.15) is 41.6 Å². The predicted octanol–water partition coefficient (Wildman–Crippen LogP) is 4.85. The van der Waals surface area contributed by atoms with E-state index in [9.17, 15) is 31.5 Å². The molecule has 0 aromatic heterocycles. The molecular formula is C23H23F5N4O3. The normalized spacial score (nSPS) is 18.5. The number of aliphatic imine (C=N–C) groups is 1. The summed E-state index contributed by atoms with van der Waals surface area (Å²) in [7, 11) is 1.26. The number of hydrogen-bond acceptors (Lipinski definition) is 4. The van der Waals surface area contributed by atoms with Crippen molar-refractivity contribution in [3.8, 4) is 0 Å². The second kappa shape index (κ2) is 11.2. The number of methoxy groups -OCH3 is 1. The molecule has 0 radical (unpaired) electrons. The third kappa shape index (κ3) is 7.39. The Hall–Kier alpha value is -3.70. The summed E-state index contributed by atoms with van der Waals surface area (Å²) in [6.45, 7) is 0. The van der Waals surface area contributed by atoms with E-state index in [1.807, 2.05) is 0 Å². The highest BCUT2D eigenvalue weighted by Gasteiger charge is 2.30. The molecule has 2 aromatic rings. The number of guanidine groups is 1. The predicted molar refractivity (Wildman–Crippen MR) is 118 cm³/mol. The van der Waals surface area contributed by atoms with Gasteiger partial charge in [0.25, 0.3) is 5.91 Å². The highest BCUT2D eigenvalue weighted by molar-refractivity contribution is 6.10. The molecule has 0 bridgehead atoms. The maximum atomic E-state index is 13.6. The summed E-state index contributed by atoms with van der Waals surface area (Å²) in [5.74, 6) is -3.33. The number of hydrogen-bond donors (Lipinski definition) is 3. The molecule has 0 atom stereocenters. The summed E-state index contributed by atoms with van der Waals surface area (Å²) in [6, 6.07) is 6.45. The molecule has 3 N–H and O–H groups in total. The first-order valence-corrected chi connectivity index (χ1v) is 10.7. The molecular weight excluding hydrogens is 475 g/mol. The summed E-state index contributed by atoms with van der Waals surface area (Å²) in [5, 5.41) is 7.80. The summed E-state index contributed by atoms with van der Waals surface area (Å²) in [5.41, 5.74) is -1.08. The van der Waals surface area contributed by atoms with Crippen molar-refractivity contribution in [2.75, 3.05) is 12.4 Å². The number of halogens is 5. The molecule has 1 fully saturated rings. The Kier molecular flexibility index (Phi) is 8.26. The second-order valence-corrected chi connectivity index (χ2v) is 7.91. The third-order valence-electron chi connectivity index (χ3n) is 5.38. The van der Waals surface area contributed by atoms with Crippen molar-refractivity contribution >= 4 is 23.6 Å². The zero-order chi connectivity index (χ0) is 25.6. The van der Waals surface area contributed by atoms with Gasteiger partial charge in [-0.05, 0) is 62.1 Å². The van der Waals surface area contributed by atoms with Crippen molar-refractivity contribution in [3.63, 3.8) is 0 Å². The minimum Gasteiger partial charge on any atom is -0.453 e. The van der Waals surface area contributed by atoms with E-state index >= 15 is 0 Å². The number of ether oxygens (including phenoxy) is 1. The largest absolute Gasteiger partial charge is 0.453 e. The summed E-state index contributed by atoms with van der Waals surface area (Å²) in [6.07, 6.45) is -2.96. The Balaban J connectivity index is 1.79. The summed E-state index contributed by atoms with van der Waals surface area (Å²) < 4.78 is 70.7. The number of alkyl carbamates (subject to hydrolysis) is 1. The smallest absolute Gasteiger partial charge is 0.416 e. The maximum absolute atomic E-state index is 13.6. The van der Waals surface area contributed by atoms with Crippen LogP contribution in [0.5, 0.6) is 0 Å². The molecule has 12 heteroatoms. The standard InChI is InChI=1S/C23H23F5N4O3/c1-35-22(34)31-16-8-6-15(7-9-16)29-21(30-17-4-2-3-14(12-17)23(26,27)28)32-20(33)13-5-10-18(24)19(25)11-13/h2-5,10-12,15-16H,6-9H2,1H3,(H,31,34)(H2,29,30,32,33). The molecule has 188 valence electrons. The molecule has 3 rings (SSSR count). The fourth-order valence-electron chi connectivity index (χ4n) is 3.58. The van der Waals surface area contributed by atoms with Gasteiger partial charge in [-0.3, -0.25) is 10.1 Å².